The zero-order valence-electron chi connectivity index (χ0n) is 15.8. The summed E-state index contributed by atoms with van der Waals surface area (Å²) in [6, 6.07) is 11.9. The number of hydrogen-bond acceptors (Lipinski definition) is 5. The summed E-state index contributed by atoms with van der Waals surface area (Å²) in [6.07, 6.45) is 1.75. The molecular formula is C20H22N6O. The van der Waals surface area contributed by atoms with E-state index in [4.69, 9.17) is 10.1 Å². The third-order valence-electron chi connectivity index (χ3n) is 4.93. The summed E-state index contributed by atoms with van der Waals surface area (Å²) >= 11 is 0. The average molecular weight is 362 g/mol. The molecule has 0 bridgehead atoms. The summed E-state index contributed by atoms with van der Waals surface area (Å²) in [4.78, 5) is 24.8. The van der Waals surface area contributed by atoms with E-state index in [9.17, 15) is 4.79 Å². The van der Waals surface area contributed by atoms with E-state index in [0.29, 0.717) is 19.0 Å². The minimum atomic E-state index is 0.0829. The van der Waals surface area contributed by atoms with E-state index in [1.54, 1.807) is 11.1 Å². The zero-order chi connectivity index (χ0) is 19.0. The standard InChI is InChI=1S/C20H22N6O/c1-14-19(15(2)26(23-14)16-7-5-4-6-8-16)17-9-10-21-20(22-17)25-12-11-24(3)18(27)13-25/h4-10H,11-13H2,1-3H3. The van der Waals surface area contributed by atoms with Crippen LogP contribution < -0.4 is 4.90 Å². The summed E-state index contributed by atoms with van der Waals surface area (Å²) in [6.45, 7) is 5.75. The van der Waals surface area contributed by atoms with Gasteiger partial charge in [-0.15, -0.1) is 0 Å². The van der Waals surface area contributed by atoms with Gasteiger partial charge in [0.15, 0.2) is 0 Å². The molecule has 1 aromatic carbocycles. The maximum atomic E-state index is 12.0. The number of benzene rings is 1. The summed E-state index contributed by atoms with van der Waals surface area (Å²) in [7, 11) is 1.82. The predicted molar refractivity (Wildman–Crippen MR) is 104 cm³/mol. The van der Waals surface area contributed by atoms with Crippen LogP contribution in [0.1, 0.15) is 11.4 Å². The predicted octanol–water partition coefficient (Wildman–Crippen LogP) is 2.22. The minimum absolute atomic E-state index is 0.0829. The maximum Gasteiger partial charge on any atom is 0.242 e. The van der Waals surface area contributed by atoms with E-state index in [0.717, 1.165) is 34.9 Å². The van der Waals surface area contributed by atoms with E-state index < -0.39 is 0 Å². The molecule has 0 aliphatic carbocycles. The lowest BCUT2D eigenvalue weighted by atomic mass is 10.1. The fourth-order valence-electron chi connectivity index (χ4n) is 3.40. The highest BCUT2D eigenvalue weighted by molar-refractivity contribution is 5.82. The molecule has 0 N–H and O–H groups in total. The van der Waals surface area contributed by atoms with E-state index in [2.05, 4.69) is 4.98 Å². The van der Waals surface area contributed by atoms with Crippen molar-refractivity contribution >= 4 is 11.9 Å². The molecule has 0 unspecified atom stereocenters. The molecule has 1 aliphatic heterocycles. The topological polar surface area (TPSA) is 67.2 Å². The van der Waals surface area contributed by atoms with Gasteiger partial charge in [-0.2, -0.15) is 5.10 Å². The van der Waals surface area contributed by atoms with Crippen molar-refractivity contribution in [3.8, 4) is 16.9 Å². The number of piperazine rings is 1. The Hall–Kier alpha value is -3.22. The summed E-state index contributed by atoms with van der Waals surface area (Å²) in [5.74, 6) is 0.666. The second kappa shape index (κ2) is 6.83. The molecule has 138 valence electrons. The molecule has 7 nitrogen and oxygen atoms in total. The first-order chi connectivity index (χ1) is 13.0. The lowest BCUT2D eigenvalue weighted by Crippen LogP contribution is -2.49. The van der Waals surface area contributed by atoms with Gasteiger partial charge in [-0.3, -0.25) is 4.79 Å². The normalized spacial score (nSPS) is 14.7. The smallest absolute Gasteiger partial charge is 0.242 e. The lowest BCUT2D eigenvalue weighted by Gasteiger charge is -2.31. The van der Waals surface area contributed by atoms with Crippen LogP contribution in [-0.4, -0.2) is 57.2 Å². The number of aromatic nitrogens is 4. The van der Waals surface area contributed by atoms with Crippen molar-refractivity contribution in [2.75, 3.05) is 31.6 Å². The molecule has 0 radical (unpaired) electrons. The van der Waals surface area contributed by atoms with Crippen LogP contribution >= 0.6 is 0 Å². The van der Waals surface area contributed by atoms with Gasteiger partial charge in [0.2, 0.25) is 11.9 Å². The number of nitrogens with zero attached hydrogens (tertiary/aromatic N) is 6. The van der Waals surface area contributed by atoms with Gasteiger partial charge < -0.3 is 9.80 Å². The van der Waals surface area contributed by atoms with E-state index in [1.807, 2.05) is 66.9 Å². The molecule has 1 fully saturated rings. The Kier molecular flexibility index (Phi) is 4.35. The third kappa shape index (κ3) is 3.16. The average Bonchev–Trinajstić information content (AvgIpc) is 2.99. The number of anilines is 1. The first-order valence-electron chi connectivity index (χ1n) is 8.98. The summed E-state index contributed by atoms with van der Waals surface area (Å²) < 4.78 is 1.94. The van der Waals surface area contributed by atoms with Crippen LogP contribution in [0.15, 0.2) is 42.6 Å². The van der Waals surface area contributed by atoms with Crippen molar-refractivity contribution < 1.29 is 4.79 Å². The second-order valence-electron chi connectivity index (χ2n) is 6.77. The molecule has 0 saturated carbocycles. The largest absolute Gasteiger partial charge is 0.342 e. The Labute approximate surface area is 158 Å². The van der Waals surface area contributed by atoms with Gasteiger partial charge in [0.05, 0.1) is 29.3 Å². The molecule has 0 atom stereocenters. The first kappa shape index (κ1) is 17.2. The Balaban J connectivity index is 1.71. The Bertz CT molecular complexity index is 981. The molecule has 27 heavy (non-hydrogen) atoms. The highest BCUT2D eigenvalue weighted by atomic mass is 16.2. The van der Waals surface area contributed by atoms with Gasteiger partial charge in [0.1, 0.15) is 0 Å². The van der Waals surface area contributed by atoms with Crippen LogP contribution in [0.4, 0.5) is 5.95 Å². The second-order valence-corrected chi connectivity index (χ2v) is 6.77. The van der Waals surface area contributed by atoms with Crippen molar-refractivity contribution in [2.45, 2.75) is 13.8 Å². The fourth-order valence-corrected chi connectivity index (χ4v) is 3.40. The van der Waals surface area contributed by atoms with Gasteiger partial charge in [-0.25, -0.2) is 14.6 Å². The minimum Gasteiger partial charge on any atom is -0.342 e. The van der Waals surface area contributed by atoms with Gasteiger partial charge in [-0.05, 0) is 32.0 Å². The molecule has 1 saturated heterocycles. The number of aryl methyl sites for hydroxylation is 1. The molecule has 1 aliphatic rings. The number of hydrogen-bond donors (Lipinski definition) is 0. The third-order valence-corrected chi connectivity index (χ3v) is 4.93. The van der Waals surface area contributed by atoms with Crippen LogP contribution in [0.5, 0.6) is 0 Å². The first-order valence-corrected chi connectivity index (χ1v) is 8.98. The van der Waals surface area contributed by atoms with Crippen molar-refractivity contribution in [3.63, 3.8) is 0 Å². The monoisotopic (exact) mass is 362 g/mol. The lowest BCUT2D eigenvalue weighted by molar-refractivity contribution is -0.129. The van der Waals surface area contributed by atoms with Crippen molar-refractivity contribution in [3.05, 3.63) is 54.0 Å². The number of carbonyl (C=O) groups excluding carboxylic acids is 1. The van der Waals surface area contributed by atoms with Crippen LogP contribution in [0.3, 0.4) is 0 Å². The van der Waals surface area contributed by atoms with Crippen molar-refractivity contribution in [1.82, 2.24) is 24.6 Å². The van der Waals surface area contributed by atoms with Crippen LogP contribution in [0, 0.1) is 13.8 Å². The van der Waals surface area contributed by atoms with Crippen molar-refractivity contribution in [2.24, 2.45) is 0 Å². The molecule has 3 heterocycles. The fraction of sp³-hybridized carbons (Fsp3) is 0.300. The highest BCUT2D eigenvalue weighted by Crippen LogP contribution is 2.28. The molecule has 2 aromatic heterocycles. The summed E-state index contributed by atoms with van der Waals surface area (Å²) in [5, 5.41) is 4.70. The van der Waals surface area contributed by atoms with Gasteiger partial charge in [-0.1, -0.05) is 18.2 Å². The Morgan fingerprint density at radius 2 is 1.81 bits per heavy atom. The number of likely N-dealkylation sites (N-methyl/N-ethyl adjacent to an activating group) is 1. The number of para-hydroxylation sites is 1. The van der Waals surface area contributed by atoms with E-state index >= 15 is 0 Å². The number of carbonyl (C=O) groups is 1. The van der Waals surface area contributed by atoms with Crippen LogP contribution in [-0.2, 0) is 4.79 Å². The Morgan fingerprint density at radius 3 is 2.56 bits per heavy atom. The molecular weight excluding hydrogens is 340 g/mol. The quantitative estimate of drug-likeness (QED) is 0.715. The van der Waals surface area contributed by atoms with E-state index in [-0.39, 0.29) is 5.91 Å². The van der Waals surface area contributed by atoms with Crippen LogP contribution in [0.25, 0.3) is 16.9 Å². The number of rotatable bonds is 3. The van der Waals surface area contributed by atoms with Crippen molar-refractivity contribution in [1.29, 1.82) is 0 Å². The molecule has 7 heteroatoms. The molecule has 1 amide bonds. The van der Waals surface area contributed by atoms with Gasteiger partial charge in [0, 0.05) is 31.9 Å². The van der Waals surface area contributed by atoms with Gasteiger partial charge >= 0.3 is 0 Å². The molecule has 0 spiro atoms. The maximum absolute atomic E-state index is 12.0. The molecule has 3 aromatic rings. The number of amides is 1. The zero-order valence-corrected chi connectivity index (χ0v) is 15.8. The highest BCUT2D eigenvalue weighted by Gasteiger charge is 2.24. The van der Waals surface area contributed by atoms with Crippen LogP contribution in [0.2, 0.25) is 0 Å². The summed E-state index contributed by atoms with van der Waals surface area (Å²) in [5.41, 5.74) is 4.78. The molecule has 4 rings (SSSR count). The Morgan fingerprint density at radius 1 is 1.04 bits per heavy atom. The van der Waals surface area contributed by atoms with Gasteiger partial charge in [0.25, 0.3) is 0 Å². The SMILES string of the molecule is Cc1nn(-c2ccccc2)c(C)c1-c1ccnc(N2CCN(C)C(=O)C2)n1. The van der Waals surface area contributed by atoms with E-state index in [1.165, 1.54) is 0 Å².